The first-order valence-corrected chi connectivity index (χ1v) is 9.80. The maximum absolute atomic E-state index is 11.3. The minimum Gasteiger partial charge on any atom is -0.356 e. The fourth-order valence-electron chi connectivity index (χ4n) is 1.77. The minimum atomic E-state index is -3.14. The molecule has 0 aromatic carbocycles. The maximum atomic E-state index is 11.3. The van der Waals surface area contributed by atoms with Gasteiger partial charge in [-0.2, -0.15) is 0 Å². The first-order valence-electron chi connectivity index (χ1n) is 7.26. The number of nitrogens with one attached hydrogen (secondary N) is 3. The highest BCUT2D eigenvalue weighted by atomic mass is 32.2. The van der Waals surface area contributed by atoms with Crippen LogP contribution in [-0.2, 0) is 15.4 Å². The van der Waals surface area contributed by atoms with Gasteiger partial charge in [0.1, 0.15) is 0 Å². The molecule has 1 heterocycles. The van der Waals surface area contributed by atoms with Crippen molar-refractivity contribution in [2.75, 3.05) is 32.4 Å². The smallest absolute Gasteiger partial charge is 0.211 e. The molecule has 1 rings (SSSR count). The lowest BCUT2D eigenvalue weighted by molar-refractivity contribution is 0.518. The van der Waals surface area contributed by atoms with E-state index in [4.69, 9.17) is 0 Å². The summed E-state index contributed by atoms with van der Waals surface area (Å²) < 4.78 is 25.1. The molecule has 0 fully saturated rings. The third kappa shape index (κ3) is 6.33. The third-order valence-electron chi connectivity index (χ3n) is 3.23. The third-order valence-corrected chi connectivity index (χ3v) is 5.87. The molecule has 8 heteroatoms. The number of sulfonamides is 1. The molecule has 6 nitrogen and oxygen atoms in total. The van der Waals surface area contributed by atoms with Crippen LogP contribution in [0.25, 0.3) is 0 Å². The summed E-state index contributed by atoms with van der Waals surface area (Å²) in [4.78, 5) is 5.46. The molecule has 126 valence electrons. The van der Waals surface area contributed by atoms with Crippen molar-refractivity contribution in [1.29, 1.82) is 0 Å². The molecule has 0 aliphatic carbocycles. The van der Waals surface area contributed by atoms with Crippen LogP contribution in [0.3, 0.4) is 0 Å². The number of guanidine groups is 1. The highest BCUT2D eigenvalue weighted by molar-refractivity contribution is 7.89. The van der Waals surface area contributed by atoms with Crippen molar-refractivity contribution in [3.8, 4) is 0 Å². The first-order chi connectivity index (χ1) is 10.3. The number of thiophene rings is 1. The second-order valence-electron chi connectivity index (χ2n) is 5.51. The molecule has 0 atom stereocenters. The highest BCUT2D eigenvalue weighted by Gasteiger charge is 2.21. The largest absolute Gasteiger partial charge is 0.356 e. The second-order valence-corrected chi connectivity index (χ2v) is 8.55. The van der Waals surface area contributed by atoms with E-state index in [0.29, 0.717) is 19.0 Å². The van der Waals surface area contributed by atoms with Crippen molar-refractivity contribution in [3.05, 3.63) is 22.4 Å². The molecule has 0 saturated carbocycles. The number of aliphatic imine (C=N–C) groups is 1. The summed E-state index contributed by atoms with van der Waals surface area (Å²) in [6.45, 7) is 7.53. The van der Waals surface area contributed by atoms with Crippen molar-refractivity contribution in [2.45, 2.75) is 26.2 Å². The fraction of sp³-hybridized carbons (Fsp3) is 0.643. The Balaban J connectivity index is 2.37. The second kappa shape index (κ2) is 8.50. The van der Waals surface area contributed by atoms with Gasteiger partial charge >= 0.3 is 0 Å². The Hall–Kier alpha value is -1.12. The molecule has 0 aliphatic heterocycles. The fourth-order valence-corrected chi connectivity index (χ4v) is 3.23. The van der Waals surface area contributed by atoms with Crippen LogP contribution in [0.2, 0.25) is 0 Å². The highest BCUT2D eigenvalue weighted by Crippen LogP contribution is 2.26. The summed E-state index contributed by atoms with van der Waals surface area (Å²) in [7, 11) is -1.44. The van der Waals surface area contributed by atoms with E-state index >= 15 is 0 Å². The summed E-state index contributed by atoms with van der Waals surface area (Å²) in [5.74, 6) is 0.759. The molecule has 3 N–H and O–H groups in total. The van der Waals surface area contributed by atoms with Crippen LogP contribution in [0.4, 0.5) is 0 Å². The van der Waals surface area contributed by atoms with Crippen LogP contribution in [0.15, 0.2) is 22.5 Å². The van der Waals surface area contributed by atoms with Gasteiger partial charge in [0.15, 0.2) is 5.96 Å². The van der Waals surface area contributed by atoms with Gasteiger partial charge in [0, 0.05) is 37.0 Å². The van der Waals surface area contributed by atoms with Crippen LogP contribution >= 0.6 is 11.3 Å². The first kappa shape index (κ1) is 18.9. The van der Waals surface area contributed by atoms with E-state index in [-0.39, 0.29) is 11.2 Å². The standard InChI is InChI=1S/C14H26N4O2S2/c1-5-22(19,20)18-9-8-16-13(15-4)17-11-14(2,3)12-7-6-10-21-12/h6-7,10,18H,5,8-9,11H2,1-4H3,(H2,15,16,17). The van der Waals surface area contributed by atoms with Crippen LogP contribution in [0.5, 0.6) is 0 Å². The lowest BCUT2D eigenvalue weighted by atomic mass is 9.91. The number of rotatable bonds is 8. The van der Waals surface area contributed by atoms with Gasteiger partial charge in [0.2, 0.25) is 10.0 Å². The van der Waals surface area contributed by atoms with E-state index in [9.17, 15) is 8.42 Å². The van der Waals surface area contributed by atoms with E-state index in [0.717, 1.165) is 6.54 Å². The van der Waals surface area contributed by atoms with Gasteiger partial charge in [-0.15, -0.1) is 11.3 Å². The molecule has 0 bridgehead atoms. The molecular weight excluding hydrogens is 320 g/mol. The van der Waals surface area contributed by atoms with Gasteiger partial charge in [-0.25, -0.2) is 13.1 Å². The van der Waals surface area contributed by atoms with Crippen LogP contribution in [0.1, 0.15) is 25.6 Å². The van der Waals surface area contributed by atoms with Gasteiger partial charge in [0.05, 0.1) is 5.75 Å². The summed E-state index contributed by atoms with van der Waals surface area (Å²) in [6, 6.07) is 4.18. The molecule has 0 unspecified atom stereocenters. The quantitative estimate of drug-likeness (QED) is 0.374. The van der Waals surface area contributed by atoms with Gasteiger partial charge < -0.3 is 10.6 Å². The Morgan fingerprint density at radius 2 is 2.05 bits per heavy atom. The van der Waals surface area contributed by atoms with Crippen molar-refractivity contribution in [3.63, 3.8) is 0 Å². The lowest BCUT2D eigenvalue weighted by Gasteiger charge is -2.25. The molecule has 0 radical (unpaired) electrons. The minimum absolute atomic E-state index is 0.00951. The van der Waals surface area contributed by atoms with Crippen LogP contribution < -0.4 is 15.4 Å². The average Bonchev–Trinajstić information content (AvgIpc) is 3.01. The summed E-state index contributed by atoms with van der Waals surface area (Å²) in [6.07, 6.45) is 0. The number of hydrogen-bond donors (Lipinski definition) is 3. The van der Waals surface area contributed by atoms with Gasteiger partial charge in [0.25, 0.3) is 0 Å². The summed E-state index contributed by atoms with van der Waals surface area (Å²) in [5, 5.41) is 8.45. The van der Waals surface area contributed by atoms with Crippen molar-refractivity contribution in [2.24, 2.45) is 4.99 Å². The summed E-state index contributed by atoms with van der Waals surface area (Å²) in [5.41, 5.74) is 0.00951. The lowest BCUT2D eigenvalue weighted by Crippen LogP contribution is -2.45. The van der Waals surface area contributed by atoms with Crippen molar-refractivity contribution < 1.29 is 8.42 Å². The Morgan fingerprint density at radius 1 is 1.32 bits per heavy atom. The zero-order valence-electron chi connectivity index (χ0n) is 13.6. The SMILES string of the molecule is CCS(=O)(=O)NCCNC(=NC)NCC(C)(C)c1cccs1. The summed E-state index contributed by atoms with van der Waals surface area (Å²) >= 11 is 1.74. The molecular formula is C14H26N4O2S2. The van der Waals surface area contributed by atoms with E-state index in [1.165, 1.54) is 4.88 Å². The van der Waals surface area contributed by atoms with Crippen LogP contribution in [0, 0.1) is 0 Å². The normalized spacial score (nSPS) is 13.2. The Labute approximate surface area is 137 Å². The Bertz CT molecular complexity index is 566. The molecule has 0 saturated heterocycles. The predicted octanol–water partition coefficient (Wildman–Crippen LogP) is 1.13. The maximum Gasteiger partial charge on any atom is 0.211 e. The topological polar surface area (TPSA) is 82.6 Å². The molecule has 0 aliphatic rings. The van der Waals surface area contributed by atoms with Gasteiger partial charge in [-0.05, 0) is 18.4 Å². The van der Waals surface area contributed by atoms with Crippen molar-refractivity contribution in [1.82, 2.24) is 15.4 Å². The predicted molar refractivity (Wildman–Crippen MR) is 94.2 cm³/mol. The van der Waals surface area contributed by atoms with Gasteiger partial charge in [-0.1, -0.05) is 19.9 Å². The Kier molecular flexibility index (Phi) is 7.31. The molecule has 0 amide bonds. The Morgan fingerprint density at radius 3 is 2.59 bits per heavy atom. The van der Waals surface area contributed by atoms with E-state index in [2.05, 4.69) is 51.7 Å². The number of hydrogen-bond acceptors (Lipinski definition) is 4. The molecule has 22 heavy (non-hydrogen) atoms. The van der Waals surface area contributed by atoms with E-state index in [1.807, 2.05) is 0 Å². The number of nitrogens with zero attached hydrogens (tertiary/aromatic N) is 1. The van der Waals surface area contributed by atoms with Crippen LogP contribution in [-0.4, -0.2) is 46.8 Å². The molecule has 0 spiro atoms. The molecule has 1 aromatic heterocycles. The zero-order chi connectivity index (χ0) is 16.6. The average molecular weight is 347 g/mol. The van der Waals surface area contributed by atoms with Crippen molar-refractivity contribution >= 4 is 27.3 Å². The van der Waals surface area contributed by atoms with E-state index < -0.39 is 10.0 Å². The zero-order valence-corrected chi connectivity index (χ0v) is 15.3. The van der Waals surface area contributed by atoms with E-state index in [1.54, 1.807) is 25.3 Å². The monoisotopic (exact) mass is 346 g/mol. The molecule has 1 aromatic rings. The van der Waals surface area contributed by atoms with Gasteiger partial charge in [-0.3, -0.25) is 4.99 Å².